The van der Waals surface area contributed by atoms with Gasteiger partial charge >= 0.3 is 0 Å². The lowest BCUT2D eigenvalue weighted by molar-refractivity contribution is 0.564. The Morgan fingerprint density at radius 3 is 2.75 bits per heavy atom. The third-order valence-electron chi connectivity index (χ3n) is 3.55. The molecule has 3 rings (SSSR count). The van der Waals surface area contributed by atoms with E-state index in [0.717, 1.165) is 18.7 Å². The first-order chi connectivity index (χ1) is 9.72. The lowest BCUT2D eigenvalue weighted by Gasteiger charge is -2.24. The van der Waals surface area contributed by atoms with Gasteiger partial charge in [0.15, 0.2) is 0 Å². The molecule has 0 bridgehead atoms. The van der Waals surface area contributed by atoms with Gasteiger partial charge in [-0.25, -0.2) is 9.07 Å². The van der Waals surface area contributed by atoms with Gasteiger partial charge in [0, 0.05) is 13.1 Å². The van der Waals surface area contributed by atoms with Crippen LogP contribution in [0.3, 0.4) is 0 Å². The Kier molecular flexibility index (Phi) is 3.54. The maximum Gasteiger partial charge on any atom is 0.246 e. The minimum Gasteiger partial charge on any atom is -0.368 e. The molecule has 2 N–H and O–H groups in total. The third-order valence-corrected chi connectivity index (χ3v) is 3.55. The first-order valence-electron chi connectivity index (χ1n) is 6.92. The van der Waals surface area contributed by atoms with E-state index in [9.17, 15) is 4.39 Å². The molecule has 106 valence electrons. The number of nitrogens with two attached hydrogens (primary N) is 1. The molecule has 2 aromatic rings. The van der Waals surface area contributed by atoms with Crippen LogP contribution in [0.15, 0.2) is 24.3 Å². The fourth-order valence-corrected chi connectivity index (χ4v) is 2.49. The monoisotopic (exact) mass is 275 g/mol. The summed E-state index contributed by atoms with van der Waals surface area (Å²) in [4.78, 5) is 6.47. The minimum atomic E-state index is -0.252. The number of piperidine rings is 1. The molecular weight excluding hydrogens is 257 g/mol. The molecule has 0 atom stereocenters. The van der Waals surface area contributed by atoms with Gasteiger partial charge in [0.2, 0.25) is 11.9 Å². The molecule has 1 aliphatic heterocycles. The molecule has 0 radical (unpaired) electrons. The number of rotatable bonds is 3. The van der Waals surface area contributed by atoms with Crippen molar-refractivity contribution in [1.29, 1.82) is 0 Å². The van der Waals surface area contributed by atoms with E-state index in [2.05, 4.69) is 15.0 Å². The lowest BCUT2D eigenvalue weighted by atomic mass is 10.1. The Morgan fingerprint density at radius 1 is 1.20 bits per heavy atom. The summed E-state index contributed by atoms with van der Waals surface area (Å²) in [5.41, 5.74) is 6.73. The highest BCUT2D eigenvalue weighted by atomic mass is 19.1. The van der Waals surface area contributed by atoms with Crippen LogP contribution in [0.5, 0.6) is 0 Å². The van der Waals surface area contributed by atoms with Gasteiger partial charge in [-0.3, -0.25) is 0 Å². The van der Waals surface area contributed by atoms with Crippen LogP contribution >= 0.6 is 0 Å². The van der Waals surface area contributed by atoms with Gasteiger partial charge in [-0.1, -0.05) is 12.1 Å². The van der Waals surface area contributed by atoms with Gasteiger partial charge < -0.3 is 10.6 Å². The van der Waals surface area contributed by atoms with Gasteiger partial charge in [0.05, 0.1) is 6.54 Å². The van der Waals surface area contributed by atoms with Crippen LogP contribution in [-0.2, 0) is 6.54 Å². The average molecular weight is 275 g/mol. The molecule has 0 aliphatic carbocycles. The third kappa shape index (κ3) is 2.74. The number of nitrogens with zero attached hydrogens (tertiary/aromatic N) is 4. The first-order valence-corrected chi connectivity index (χ1v) is 6.92. The molecule has 2 heterocycles. The summed E-state index contributed by atoms with van der Waals surface area (Å²) in [6.45, 7) is 2.39. The molecule has 0 spiro atoms. The summed E-state index contributed by atoms with van der Waals surface area (Å²) in [7, 11) is 0. The zero-order valence-electron chi connectivity index (χ0n) is 11.3. The van der Waals surface area contributed by atoms with Gasteiger partial charge in [-0.2, -0.15) is 4.98 Å². The van der Waals surface area contributed by atoms with Crippen molar-refractivity contribution in [1.82, 2.24) is 14.8 Å². The Morgan fingerprint density at radius 2 is 2.00 bits per heavy atom. The second-order valence-electron chi connectivity index (χ2n) is 5.11. The highest BCUT2D eigenvalue weighted by Crippen LogP contribution is 2.18. The van der Waals surface area contributed by atoms with Crippen molar-refractivity contribution in [3.63, 3.8) is 0 Å². The molecular formula is C14H18FN5. The van der Waals surface area contributed by atoms with Crippen molar-refractivity contribution in [2.24, 2.45) is 0 Å². The van der Waals surface area contributed by atoms with Crippen molar-refractivity contribution in [2.45, 2.75) is 25.8 Å². The van der Waals surface area contributed by atoms with E-state index in [1.165, 1.54) is 31.4 Å². The van der Waals surface area contributed by atoms with Crippen LogP contribution in [-0.4, -0.2) is 27.9 Å². The molecule has 1 aliphatic rings. The smallest absolute Gasteiger partial charge is 0.246 e. The molecule has 5 nitrogen and oxygen atoms in total. The topological polar surface area (TPSA) is 60.0 Å². The van der Waals surface area contributed by atoms with E-state index in [1.807, 2.05) is 6.07 Å². The number of anilines is 2. The fourth-order valence-electron chi connectivity index (χ4n) is 2.49. The quantitative estimate of drug-likeness (QED) is 0.931. The summed E-state index contributed by atoms with van der Waals surface area (Å²) in [5, 5.41) is 4.44. The number of hydrogen-bond acceptors (Lipinski definition) is 4. The van der Waals surface area contributed by atoms with Crippen molar-refractivity contribution < 1.29 is 4.39 Å². The molecule has 1 fully saturated rings. The highest BCUT2D eigenvalue weighted by Gasteiger charge is 2.17. The number of halogens is 1. The van der Waals surface area contributed by atoms with E-state index < -0.39 is 0 Å². The Labute approximate surface area is 117 Å². The lowest BCUT2D eigenvalue weighted by Crippen LogP contribution is -2.30. The van der Waals surface area contributed by atoms with E-state index >= 15 is 0 Å². The van der Waals surface area contributed by atoms with Crippen molar-refractivity contribution in [3.05, 3.63) is 35.6 Å². The molecule has 0 saturated carbocycles. The summed E-state index contributed by atoms with van der Waals surface area (Å²) in [6.07, 6.45) is 3.59. The van der Waals surface area contributed by atoms with Crippen LogP contribution in [0.2, 0.25) is 0 Å². The molecule has 1 aromatic carbocycles. The van der Waals surface area contributed by atoms with Crippen LogP contribution in [0.4, 0.5) is 16.3 Å². The van der Waals surface area contributed by atoms with Crippen molar-refractivity contribution in [3.8, 4) is 0 Å². The summed E-state index contributed by atoms with van der Waals surface area (Å²) in [6, 6.07) is 6.45. The summed E-state index contributed by atoms with van der Waals surface area (Å²) >= 11 is 0. The zero-order chi connectivity index (χ0) is 13.9. The predicted octanol–water partition coefficient (Wildman–Crippen LogP) is 2.04. The van der Waals surface area contributed by atoms with Crippen LogP contribution < -0.4 is 10.6 Å². The Bertz CT molecular complexity index is 589. The van der Waals surface area contributed by atoms with Crippen LogP contribution in [0.25, 0.3) is 0 Å². The average Bonchev–Trinajstić information content (AvgIpc) is 2.81. The van der Waals surface area contributed by atoms with Crippen molar-refractivity contribution in [2.75, 3.05) is 23.7 Å². The van der Waals surface area contributed by atoms with Crippen LogP contribution in [0, 0.1) is 5.82 Å². The van der Waals surface area contributed by atoms with E-state index in [4.69, 9.17) is 5.73 Å². The summed E-state index contributed by atoms with van der Waals surface area (Å²) < 4.78 is 14.8. The molecule has 1 aromatic heterocycles. The largest absolute Gasteiger partial charge is 0.368 e. The van der Waals surface area contributed by atoms with Gasteiger partial charge in [0.25, 0.3) is 0 Å². The SMILES string of the molecule is Nc1nc(N2CCCCC2)nn1Cc1cccc(F)c1. The van der Waals surface area contributed by atoms with Gasteiger partial charge in [-0.05, 0) is 37.0 Å². The molecule has 0 unspecified atom stereocenters. The summed E-state index contributed by atoms with van der Waals surface area (Å²) in [5.74, 6) is 0.797. The van der Waals surface area contributed by atoms with Gasteiger partial charge in [0.1, 0.15) is 5.82 Å². The Balaban J connectivity index is 1.78. The number of nitrogen functional groups attached to an aromatic ring is 1. The normalized spacial score (nSPS) is 15.6. The fraction of sp³-hybridized carbons (Fsp3) is 0.429. The standard InChI is InChI=1S/C14H18FN5/c15-12-6-4-5-11(9-12)10-20-13(16)17-14(18-20)19-7-2-1-3-8-19/h4-6,9H,1-3,7-8,10H2,(H2,16,17,18). The van der Waals surface area contributed by atoms with Crippen molar-refractivity contribution >= 4 is 11.9 Å². The van der Waals surface area contributed by atoms with Gasteiger partial charge in [-0.15, -0.1) is 5.10 Å². The molecule has 20 heavy (non-hydrogen) atoms. The van der Waals surface area contributed by atoms with E-state index in [-0.39, 0.29) is 5.82 Å². The number of aromatic nitrogens is 3. The molecule has 1 saturated heterocycles. The number of hydrogen-bond donors (Lipinski definition) is 1. The Hall–Kier alpha value is -2.11. The maximum atomic E-state index is 13.2. The van der Waals surface area contributed by atoms with E-state index in [0.29, 0.717) is 18.4 Å². The minimum absolute atomic E-state index is 0.252. The second-order valence-corrected chi connectivity index (χ2v) is 5.11. The highest BCUT2D eigenvalue weighted by molar-refractivity contribution is 5.36. The molecule has 0 amide bonds. The zero-order valence-corrected chi connectivity index (χ0v) is 11.3. The maximum absolute atomic E-state index is 13.2. The first kappa shape index (κ1) is 12.9. The number of benzene rings is 1. The second kappa shape index (κ2) is 5.48. The molecule has 6 heteroatoms. The van der Waals surface area contributed by atoms with E-state index in [1.54, 1.807) is 10.7 Å². The predicted molar refractivity (Wildman–Crippen MR) is 76.0 cm³/mol. The van der Waals surface area contributed by atoms with Crippen LogP contribution in [0.1, 0.15) is 24.8 Å².